The summed E-state index contributed by atoms with van der Waals surface area (Å²) in [5, 5.41) is 8.96. The van der Waals surface area contributed by atoms with Gasteiger partial charge in [-0.1, -0.05) is 6.42 Å². The van der Waals surface area contributed by atoms with Crippen LogP contribution in [0.4, 0.5) is 0 Å². The molecule has 0 aliphatic carbocycles. The SMILES string of the molecule is CC(C)N(CCO)C(=O)CN1CCCCCC1=O. The van der Waals surface area contributed by atoms with E-state index >= 15 is 0 Å². The summed E-state index contributed by atoms with van der Waals surface area (Å²) >= 11 is 0. The molecule has 18 heavy (non-hydrogen) atoms. The van der Waals surface area contributed by atoms with Gasteiger partial charge in [-0.05, 0) is 26.7 Å². The van der Waals surface area contributed by atoms with Gasteiger partial charge in [0.1, 0.15) is 0 Å². The highest BCUT2D eigenvalue weighted by molar-refractivity contribution is 5.85. The van der Waals surface area contributed by atoms with Crippen molar-refractivity contribution < 1.29 is 14.7 Å². The molecule has 0 aromatic heterocycles. The Morgan fingerprint density at radius 3 is 2.72 bits per heavy atom. The van der Waals surface area contributed by atoms with Crippen LogP contribution >= 0.6 is 0 Å². The van der Waals surface area contributed by atoms with Crippen molar-refractivity contribution in [1.82, 2.24) is 9.80 Å². The summed E-state index contributed by atoms with van der Waals surface area (Å²) in [7, 11) is 0. The van der Waals surface area contributed by atoms with Gasteiger partial charge in [0.2, 0.25) is 11.8 Å². The van der Waals surface area contributed by atoms with E-state index in [4.69, 9.17) is 5.11 Å². The van der Waals surface area contributed by atoms with Crippen molar-refractivity contribution in [1.29, 1.82) is 0 Å². The molecule has 1 N–H and O–H groups in total. The van der Waals surface area contributed by atoms with Gasteiger partial charge in [-0.15, -0.1) is 0 Å². The quantitative estimate of drug-likeness (QED) is 0.784. The van der Waals surface area contributed by atoms with Crippen LogP contribution in [0.25, 0.3) is 0 Å². The van der Waals surface area contributed by atoms with E-state index in [2.05, 4.69) is 0 Å². The van der Waals surface area contributed by atoms with Crippen molar-refractivity contribution in [2.75, 3.05) is 26.2 Å². The molecule has 104 valence electrons. The molecule has 2 amide bonds. The maximum absolute atomic E-state index is 12.1. The van der Waals surface area contributed by atoms with Crippen LogP contribution in [0, 0.1) is 0 Å². The molecule has 1 fully saturated rings. The van der Waals surface area contributed by atoms with E-state index < -0.39 is 0 Å². The Bertz CT molecular complexity index is 292. The molecule has 5 heteroatoms. The summed E-state index contributed by atoms with van der Waals surface area (Å²) in [6.07, 6.45) is 3.50. The van der Waals surface area contributed by atoms with Crippen LogP contribution in [0.5, 0.6) is 0 Å². The van der Waals surface area contributed by atoms with Crippen LogP contribution < -0.4 is 0 Å². The number of aliphatic hydroxyl groups excluding tert-OH is 1. The first-order valence-corrected chi connectivity index (χ1v) is 6.74. The van der Waals surface area contributed by atoms with Crippen LogP contribution in [0.15, 0.2) is 0 Å². The molecule has 1 heterocycles. The minimum absolute atomic E-state index is 0.0438. The van der Waals surface area contributed by atoms with Gasteiger partial charge in [-0.3, -0.25) is 9.59 Å². The first kappa shape index (κ1) is 15.0. The van der Waals surface area contributed by atoms with E-state index in [1.807, 2.05) is 13.8 Å². The van der Waals surface area contributed by atoms with Crippen LogP contribution in [0.3, 0.4) is 0 Å². The molecular formula is C13H24N2O3. The predicted octanol–water partition coefficient (Wildman–Crippen LogP) is 0.618. The molecule has 1 saturated heterocycles. The van der Waals surface area contributed by atoms with Crippen molar-refractivity contribution in [3.05, 3.63) is 0 Å². The summed E-state index contributed by atoms with van der Waals surface area (Å²) < 4.78 is 0. The first-order chi connectivity index (χ1) is 8.56. The second kappa shape index (κ2) is 7.36. The molecule has 0 saturated carbocycles. The topological polar surface area (TPSA) is 60.9 Å². The van der Waals surface area contributed by atoms with Crippen LogP contribution in [0.2, 0.25) is 0 Å². The number of amides is 2. The van der Waals surface area contributed by atoms with Crippen molar-refractivity contribution >= 4 is 11.8 Å². The molecule has 0 atom stereocenters. The fourth-order valence-electron chi connectivity index (χ4n) is 2.24. The van der Waals surface area contributed by atoms with Gasteiger partial charge in [-0.2, -0.15) is 0 Å². The highest BCUT2D eigenvalue weighted by atomic mass is 16.3. The van der Waals surface area contributed by atoms with Gasteiger partial charge < -0.3 is 14.9 Å². The Hall–Kier alpha value is -1.10. The second-order valence-electron chi connectivity index (χ2n) is 5.03. The molecule has 0 aromatic carbocycles. The minimum Gasteiger partial charge on any atom is -0.395 e. The van der Waals surface area contributed by atoms with E-state index in [0.717, 1.165) is 19.3 Å². The molecular weight excluding hydrogens is 232 g/mol. The van der Waals surface area contributed by atoms with Crippen LogP contribution in [-0.2, 0) is 9.59 Å². The van der Waals surface area contributed by atoms with Gasteiger partial charge in [0.05, 0.1) is 13.2 Å². The van der Waals surface area contributed by atoms with Crippen LogP contribution in [-0.4, -0.2) is 59.0 Å². The first-order valence-electron chi connectivity index (χ1n) is 6.74. The zero-order valence-electron chi connectivity index (χ0n) is 11.4. The highest BCUT2D eigenvalue weighted by Gasteiger charge is 2.23. The van der Waals surface area contributed by atoms with Crippen molar-refractivity contribution in [3.63, 3.8) is 0 Å². The van der Waals surface area contributed by atoms with Gasteiger partial charge >= 0.3 is 0 Å². The lowest BCUT2D eigenvalue weighted by Gasteiger charge is -2.29. The molecule has 5 nitrogen and oxygen atoms in total. The number of hydrogen-bond donors (Lipinski definition) is 1. The van der Waals surface area contributed by atoms with Crippen molar-refractivity contribution in [2.45, 2.75) is 45.6 Å². The molecule has 1 aliphatic heterocycles. The van der Waals surface area contributed by atoms with Gasteiger partial charge in [-0.25, -0.2) is 0 Å². The third kappa shape index (κ3) is 4.29. The normalized spacial score (nSPS) is 16.9. The molecule has 0 aromatic rings. The lowest BCUT2D eigenvalue weighted by Crippen LogP contribution is -2.46. The summed E-state index contributed by atoms with van der Waals surface area (Å²) in [4.78, 5) is 27.2. The molecule has 0 radical (unpaired) electrons. The Morgan fingerprint density at radius 2 is 2.11 bits per heavy atom. The number of hydrogen-bond acceptors (Lipinski definition) is 3. The summed E-state index contributed by atoms with van der Waals surface area (Å²) in [6.45, 7) is 4.94. The third-order valence-electron chi connectivity index (χ3n) is 3.28. The van der Waals surface area contributed by atoms with Gasteiger partial charge in [0, 0.05) is 25.6 Å². The van der Waals surface area contributed by atoms with Crippen molar-refractivity contribution in [2.24, 2.45) is 0 Å². The fraction of sp³-hybridized carbons (Fsp3) is 0.846. The standard InChI is InChI=1S/C13H24N2O3/c1-11(2)15(8-9-16)13(18)10-14-7-5-3-4-6-12(14)17/h11,16H,3-10H2,1-2H3. The maximum Gasteiger partial charge on any atom is 0.242 e. The smallest absolute Gasteiger partial charge is 0.242 e. The summed E-state index contributed by atoms with van der Waals surface area (Å²) in [5.74, 6) is 0.00264. The predicted molar refractivity (Wildman–Crippen MR) is 69.0 cm³/mol. The van der Waals surface area contributed by atoms with Crippen molar-refractivity contribution in [3.8, 4) is 0 Å². The molecule has 0 spiro atoms. The lowest BCUT2D eigenvalue weighted by molar-refractivity contribution is -0.141. The van der Waals surface area contributed by atoms with E-state index in [1.165, 1.54) is 0 Å². The number of nitrogens with zero attached hydrogens (tertiary/aromatic N) is 2. The number of rotatable bonds is 5. The second-order valence-corrected chi connectivity index (χ2v) is 5.03. The van der Waals surface area contributed by atoms with E-state index in [1.54, 1.807) is 9.80 Å². The Labute approximate surface area is 109 Å². The third-order valence-corrected chi connectivity index (χ3v) is 3.28. The lowest BCUT2D eigenvalue weighted by atomic mass is 10.2. The zero-order chi connectivity index (χ0) is 13.5. The minimum atomic E-state index is -0.0747. The zero-order valence-corrected chi connectivity index (χ0v) is 11.4. The largest absolute Gasteiger partial charge is 0.395 e. The fourth-order valence-corrected chi connectivity index (χ4v) is 2.24. The van der Waals surface area contributed by atoms with Gasteiger partial charge in [0.15, 0.2) is 0 Å². The number of aliphatic hydroxyl groups is 1. The molecule has 0 bridgehead atoms. The van der Waals surface area contributed by atoms with E-state index in [-0.39, 0.29) is 31.0 Å². The Morgan fingerprint density at radius 1 is 1.39 bits per heavy atom. The summed E-state index contributed by atoms with van der Waals surface area (Å²) in [5.41, 5.74) is 0. The average molecular weight is 256 g/mol. The van der Waals surface area contributed by atoms with E-state index in [9.17, 15) is 9.59 Å². The average Bonchev–Trinajstić information content (AvgIpc) is 2.51. The van der Waals surface area contributed by atoms with E-state index in [0.29, 0.717) is 19.5 Å². The van der Waals surface area contributed by atoms with Crippen LogP contribution in [0.1, 0.15) is 39.5 Å². The monoisotopic (exact) mass is 256 g/mol. The van der Waals surface area contributed by atoms with Gasteiger partial charge in [0.25, 0.3) is 0 Å². The Balaban J connectivity index is 2.57. The molecule has 0 unspecified atom stereocenters. The Kier molecular flexibility index (Phi) is 6.12. The maximum atomic E-state index is 12.1. The molecule has 1 aliphatic rings. The highest BCUT2D eigenvalue weighted by Crippen LogP contribution is 2.11. The summed E-state index contributed by atoms with van der Waals surface area (Å²) in [6, 6.07) is 0.0479. The number of carbonyl (C=O) groups excluding carboxylic acids is 2. The number of carbonyl (C=O) groups is 2. The molecule has 1 rings (SSSR count). The number of likely N-dealkylation sites (tertiary alicyclic amines) is 1.